The van der Waals surface area contributed by atoms with Crippen LogP contribution in [0.1, 0.15) is 33.6 Å². The Morgan fingerprint density at radius 2 is 2.00 bits per heavy atom. The van der Waals surface area contributed by atoms with Crippen LogP contribution in [0.2, 0.25) is 0 Å². The zero-order valence-electron chi connectivity index (χ0n) is 13.5. The average molecular weight is 309 g/mol. The van der Waals surface area contributed by atoms with Crippen molar-refractivity contribution in [1.82, 2.24) is 4.90 Å². The molecule has 1 saturated heterocycles. The number of likely N-dealkylation sites (tertiary alicyclic amines) is 1. The van der Waals surface area contributed by atoms with E-state index in [4.69, 9.17) is 9.47 Å². The molecule has 1 aromatic rings. The predicted molar refractivity (Wildman–Crippen MR) is 82.4 cm³/mol. The van der Waals surface area contributed by atoms with Gasteiger partial charge in [0.1, 0.15) is 17.2 Å². The lowest BCUT2D eigenvalue weighted by atomic mass is 9.99. The van der Waals surface area contributed by atoms with Gasteiger partial charge in [-0.05, 0) is 57.9 Å². The van der Waals surface area contributed by atoms with Crippen molar-refractivity contribution in [2.24, 2.45) is 5.92 Å². The topological polar surface area (TPSA) is 38.8 Å². The van der Waals surface area contributed by atoms with E-state index in [9.17, 15) is 9.18 Å². The van der Waals surface area contributed by atoms with Crippen molar-refractivity contribution in [3.8, 4) is 5.75 Å². The maximum absolute atomic E-state index is 12.8. The second-order valence-corrected chi connectivity index (χ2v) is 6.70. The number of piperidine rings is 1. The molecule has 1 atom stereocenters. The quantitative estimate of drug-likeness (QED) is 0.851. The van der Waals surface area contributed by atoms with Crippen LogP contribution in [0.15, 0.2) is 24.3 Å². The Morgan fingerprint density at radius 1 is 1.32 bits per heavy atom. The first-order valence-electron chi connectivity index (χ1n) is 7.70. The number of hydrogen-bond donors (Lipinski definition) is 0. The van der Waals surface area contributed by atoms with E-state index in [1.807, 2.05) is 20.8 Å². The molecule has 0 N–H and O–H groups in total. The minimum Gasteiger partial charge on any atom is -0.493 e. The Kier molecular flexibility index (Phi) is 5.27. The van der Waals surface area contributed by atoms with Gasteiger partial charge in [0.25, 0.3) is 0 Å². The molecule has 1 aliphatic heterocycles. The Labute approximate surface area is 131 Å². The highest BCUT2D eigenvalue weighted by atomic mass is 19.1. The fourth-order valence-corrected chi connectivity index (χ4v) is 2.44. The average Bonchev–Trinajstić information content (AvgIpc) is 2.45. The Bertz CT molecular complexity index is 496. The van der Waals surface area contributed by atoms with Crippen molar-refractivity contribution in [3.63, 3.8) is 0 Å². The van der Waals surface area contributed by atoms with Gasteiger partial charge in [0.2, 0.25) is 0 Å². The highest BCUT2D eigenvalue weighted by Gasteiger charge is 2.27. The summed E-state index contributed by atoms with van der Waals surface area (Å²) in [6, 6.07) is 5.99. The number of hydrogen-bond acceptors (Lipinski definition) is 3. The lowest BCUT2D eigenvalue weighted by molar-refractivity contribution is 0.0139. The number of benzene rings is 1. The first kappa shape index (κ1) is 16.6. The van der Waals surface area contributed by atoms with Gasteiger partial charge in [0.15, 0.2) is 0 Å². The van der Waals surface area contributed by atoms with Gasteiger partial charge in [-0.15, -0.1) is 0 Å². The minimum absolute atomic E-state index is 0.265. The van der Waals surface area contributed by atoms with Gasteiger partial charge in [-0.25, -0.2) is 9.18 Å². The molecule has 0 radical (unpaired) electrons. The van der Waals surface area contributed by atoms with Gasteiger partial charge >= 0.3 is 6.09 Å². The molecule has 5 heteroatoms. The van der Waals surface area contributed by atoms with Crippen molar-refractivity contribution in [1.29, 1.82) is 0 Å². The molecule has 4 nitrogen and oxygen atoms in total. The molecule has 1 aromatic carbocycles. The third-order valence-electron chi connectivity index (χ3n) is 3.47. The van der Waals surface area contributed by atoms with Crippen LogP contribution in [-0.2, 0) is 4.74 Å². The SMILES string of the molecule is CC(C)(C)OC(=O)N1CCCC(COc2ccc(F)cc2)C1. The van der Waals surface area contributed by atoms with Gasteiger partial charge in [0.05, 0.1) is 6.61 Å². The number of ether oxygens (including phenoxy) is 2. The zero-order valence-corrected chi connectivity index (χ0v) is 13.5. The van der Waals surface area contributed by atoms with Crippen LogP contribution in [0.3, 0.4) is 0 Å². The van der Waals surface area contributed by atoms with Crippen LogP contribution in [0, 0.1) is 11.7 Å². The molecule has 1 fully saturated rings. The first-order valence-corrected chi connectivity index (χ1v) is 7.70. The molecule has 0 aliphatic carbocycles. The fourth-order valence-electron chi connectivity index (χ4n) is 2.44. The number of rotatable bonds is 3. The summed E-state index contributed by atoms with van der Waals surface area (Å²) in [5.41, 5.74) is -0.478. The predicted octanol–water partition coefficient (Wildman–Crippen LogP) is 3.85. The number of amides is 1. The summed E-state index contributed by atoms with van der Waals surface area (Å²) in [5, 5.41) is 0. The van der Waals surface area contributed by atoms with E-state index in [0.29, 0.717) is 18.9 Å². The van der Waals surface area contributed by atoms with Crippen LogP contribution >= 0.6 is 0 Å². The van der Waals surface area contributed by atoms with Gasteiger partial charge in [-0.2, -0.15) is 0 Å². The van der Waals surface area contributed by atoms with Crippen LogP contribution < -0.4 is 4.74 Å². The minimum atomic E-state index is -0.478. The number of halogens is 1. The number of carbonyl (C=O) groups is 1. The molecule has 0 aromatic heterocycles. The van der Waals surface area contributed by atoms with Crippen molar-refractivity contribution < 1.29 is 18.7 Å². The maximum Gasteiger partial charge on any atom is 0.410 e. The van der Waals surface area contributed by atoms with Crippen molar-refractivity contribution >= 4 is 6.09 Å². The summed E-state index contributed by atoms with van der Waals surface area (Å²) in [5.74, 6) is 0.642. The van der Waals surface area contributed by atoms with Crippen LogP contribution in [0.5, 0.6) is 5.75 Å². The molecule has 0 spiro atoms. The lowest BCUT2D eigenvalue weighted by Gasteiger charge is -2.34. The van der Waals surface area contributed by atoms with Crippen molar-refractivity contribution in [3.05, 3.63) is 30.1 Å². The Morgan fingerprint density at radius 3 is 2.64 bits per heavy atom. The lowest BCUT2D eigenvalue weighted by Crippen LogP contribution is -2.44. The van der Waals surface area contributed by atoms with E-state index in [0.717, 1.165) is 19.4 Å². The molecule has 1 unspecified atom stereocenters. The van der Waals surface area contributed by atoms with Gasteiger partial charge < -0.3 is 14.4 Å². The molecule has 0 saturated carbocycles. The van der Waals surface area contributed by atoms with Gasteiger partial charge in [-0.1, -0.05) is 0 Å². The van der Waals surface area contributed by atoms with E-state index < -0.39 is 5.60 Å². The normalized spacial score (nSPS) is 18.9. The monoisotopic (exact) mass is 309 g/mol. The van der Waals surface area contributed by atoms with Crippen LogP contribution in [0.4, 0.5) is 9.18 Å². The second kappa shape index (κ2) is 6.99. The maximum atomic E-state index is 12.8. The number of carbonyl (C=O) groups excluding carboxylic acids is 1. The molecule has 1 heterocycles. The summed E-state index contributed by atoms with van der Waals surface area (Å²) in [7, 11) is 0. The number of nitrogens with zero attached hydrogens (tertiary/aromatic N) is 1. The first-order chi connectivity index (χ1) is 10.3. The molecular formula is C17H24FNO3. The fraction of sp³-hybridized carbons (Fsp3) is 0.588. The Balaban J connectivity index is 1.82. The molecule has 22 heavy (non-hydrogen) atoms. The summed E-state index contributed by atoms with van der Waals surface area (Å²) >= 11 is 0. The highest BCUT2D eigenvalue weighted by molar-refractivity contribution is 5.68. The van der Waals surface area contributed by atoms with Crippen molar-refractivity contribution in [2.75, 3.05) is 19.7 Å². The molecule has 122 valence electrons. The molecule has 1 amide bonds. The highest BCUT2D eigenvalue weighted by Crippen LogP contribution is 2.21. The largest absolute Gasteiger partial charge is 0.493 e. The third-order valence-corrected chi connectivity index (χ3v) is 3.47. The standard InChI is InChI=1S/C17H24FNO3/c1-17(2,3)22-16(20)19-10-4-5-13(11-19)12-21-15-8-6-14(18)7-9-15/h6-9,13H,4-5,10-12H2,1-3H3. The van der Waals surface area contributed by atoms with Gasteiger partial charge in [0, 0.05) is 19.0 Å². The molecule has 0 bridgehead atoms. The van der Waals surface area contributed by atoms with Crippen LogP contribution in [-0.4, -0.2) is 36.3 Å². The van der Waals surface area contributed by atoms with E-state index >= 15 is 0 Å². The smallest absolute Gasteiger partial charge is 0.410 e. The van der Waals surface area contributed by atoms with Crippen LogP contribution in [0.25, 0.3) is 0 Å². The molecule has 1 aliphatic rings. The summed E-state index contributed by atoms with van der Waals surface area (Å²) in [6.07, 6.45) is 1.69. The summed E-state index contributed by atoms with van der Waals surface area (Å²) < 4.78 is 23.9. The molecule has 2 rings (SSSR count). The zero-order chi connectivity index (χ0) is 16.2. The molecular weight excluding hydrogens is 285 g/mol. The Hall–Kier alpha value is -1.78. The summed E-state index contributed by atoms with van der Waals surface area (Å²) in [4.78, 5) is 13.8. The van der Waals surface area contributed by atoms with E-state index in [1.165, 1.54) is 12.1 Å². The van der Waals surface area contributed by atoms with E-state index in [1.54, 1.807) is 17.0 Å². The second-order valence-electron chi connectivity index (χ2n) is 6.70. The van der Waals surface area contributed by atoms with Gasteiger partial charge in [-0.3, -0.25) is 0 Å². The van der Waals surface area contributed by atoms with E-state index in [2.05, 4.69) is 0 Å². The third kappa shape index (κ3) is 5.20. The van der Waals surface area contributed by atoms with E-state index in [-0.39, 0.29) is 17.8 Å². The summed E-state index contributed by atoms with van der Waals surface area (Å²) in [6.45, 7) is 7.47. The van der Waals surface area contributed by atoms with Crippen molar-refractivity contribution in [2.45, 2.75) is 39.2 Å².